The molecule has 0 heterocycles. The fourth-order valence-electron chi connectivity index (χ4n) is 4.51. The van der Waals surface area contributed by atoms with Crippen LogP contribution in [0.2, 0.25) is 0 Å². The van der Waals surface area contributed by atoms with E-state index < -0.39 is 29.4 Å². The van der Waals surface area contributed by atoms with Crippen molar-refractivity contribution in [1.82, 2.24) is 10.6 Å². The number of allylic oxidation sites excluding steroid dienone is 3. The van der Waals surface area contributed by atoms with Crippen LogP contribution < -0.4 is 10.6 Å². The number of alkyl carbamates (subject to hydrolysis) is 2. The first-order valence-electron chi connectivity index (χ1n) is 16.0. The zero-order valence-corrected chi connectivity index (χ0v) is 28.9. The molecule has 3 rings (SSSR count). The van der Waals surface area contributed by atoms with Crippen molar-refractivity contribution < 1.29 is 38.1 Å². The quantitative estimate of drug-likeness (QED) is 0.119. The summed E-state index contributed by atoms with van der Waals surface area (Å²) in [5.41, 5.74) is 2.34. The first-order valence-corrected chi connectivity index (χ1v) is 16.0. The Morgan fingerprint density at radius 1 is 0.750 bits per heavy atom. The maximum Gasteiger partial charge on any atom is 0.414 e. The predicted molar refractivity (Wildman–Crippen MR) is 182 cm³/mol. The zero-order chi connectivity index (χ0) is 35.3. The highest BCUT2D eigenvalue weighted by Gasteiger charge is 2.25. The highest BCUT2D eigenvalue weighted by atomic mass is 16.6. The van der Waals surface area contributed by atoms with Gasteiger partial charge in [-0.2, -0.15) is 0 Å². The molecule has 258 valence electrons. The van der Waals surface area contributed by atoms with E-state index in [1.807, 2.05) is 61.5 Å². The van der Waals surface area contributed by atoms with Crippen molar-refractivity contribution in [1.29, 1.82) is 0 Å². The third-order valence-corrected chi connectivity index (χ3v) is 6.71. The van der Waals surface area contributed by atoms with Gasteiger partial charge < -0.3 is 18.9 Å². The largest absolute Gasteiger partial charge is 0.461 e. The Morgan fingerprint density at radius 3 is 1.85 bits per heavy atom. The number of rotatable bonds is 10. The van der Waals surface area contributed by atoms with Gasteiger partial charge in [-0.05, 0) is 95.6 Å². The van der Waals surface area contributed by atoms with Crippen LogP contribution in [0.25, 0.3) is 0 Å². The van der Waals surface area contributed by atoms with Crippen molar-refractivity contribution in [3.05, 3.63) is 94.7 Å². The topological polar surface area (TPSA) is 142 Å². The number of nitrogens with one attached hydrogen (secondary N) is 2. The van der Waals surface area contributed by atoms with Gasteiger partial charge in [-0.1, -0.05) is 61.5 Å². The second kappa shape index (κ2) is 17.3. The van der Waals surface area contributed by atoms with Crippen molar-refractivity contribution in [3.8, 4) is 0 Å². The molecule has 1 unspecified atom stereocenters. The third-order valence-electron chi connectivity index (χ3n) is 6.71. The number of aliphatic imine (C=N–C) groups is 1. The lowest BCUT2D eigenvalue weighted by Gasteiger charge is -2.23. The lowest BCUT2D eigenvalue weighted by atomic mass is 9.91. The van der Waals surface area contributed by atoms with Crippen LogP contribution >= 0.6 is 0 Å². The average Bonchev–Trinajstić information content (AvgIpc) is 2.98. The van der Waals surface area contributed by atoms with E-state index in [2.05, 4.69) is 15.6 Å². The molecule has 0 fully saturated rings. The van der Waals surface area contributed by atoms with Crippen LogP contribution in [0, 0.1) is 5.92 Å². The van der Waals surface area contributed by atoms with Crippen molar-refractivity contribution in [2.75, 3.05) is 0 Å². The van der Waals surface area contributed by atoms with Crippen LogP contribution in [0.5, 0.6) is 0 Å². The number of amides is 2. The third kappa shape index (κ3) is 14.2. The number of carbonyl (C=O) groups excluding carboxylic acids is 4. The summed E-state index contributed by atoms with van der Waals surface area (Å²) < 4.78 is 21.5. The molecule has 2 amide bonds. The summed E-state index contributed by atoms with van der Waals surface area (Å²) in [5, 5.41) is 4.92. The lowest BCUT2D eigenvalue weighted by Crippen LogP contribution is -2.47. The highest BCUT2D eigenvalue weighted by molar-refractivity contribution is 6.01. The Labute approximate surface area is 282 Å². The smallest absolute Gasteiger partial charge is 0.414 e. The van der Waals surface area contributed by atoms with Crippen molar-refractivity contribution in [2.45, 2.75) is 98.6 Å². The standard InChI is InChI=1S/C37H47N3O8/c1-25-22-29(38-33(39-34(43)47-36(2,3)4)40-35(44)48-37(5,6)7)20-21-30(25)32(42)46-24-28-18-16-26(17-19-28)14-11-15-31(41)45-23-27-12-9-8-10-13-27/h8-10,12-13,16-21,25H,11,14-15,22-24H2,1-7H3,(H2,38,39,40,43,44). The van der Waals surface area contributed by atoms with Gasteiger partial charge >= 0.3 is 24.1 Å². The van der Waals surface area contributed by atoms with E-state index in [0.717, 1.165) is 23.1 Å². The minimum atomic E-state index is -0.797. The van der Waals surface area contributed by atoms with Gasteiger partial charge in [0.15, 0.2) is 0 Å². The van der Waals surface area contributed by atoms with Crippen molar-refractivity contribution >= 4 is 30.1 Å². The number of benzene rings is 2. The van der Waals surface area contributed by atoms with Crippen LogP contribution in [0.1, 0.15) is 84.4 Å². The molecule has 2 aromatic carbocycles. The summed E-state index contributed by atoms with van der Waals surface area (Å²) in [6.45, 7) is 12.5. The molecule has 1 atom stereocenters. The summed E-state index contributed by atoms with van der Waals surface area (Å²) in [6, 6.07) is 17.3. The normalized spacial score (nSPS) is 14.4. The number of esters is 2. The van der Waals surface area contributed by atoms with Crippen LogP contribution in [-0.4, -0.2) is 41.3 Å². The molecule has 0 saturated carbocycles. The lowest BCUT2D eigenvalue weighted by molar-refractivity contribution is -0.145. The first-order chi connectivity index (χ1) is 22.6. The van der Waals surface area contributed by atoms with Gasteiger partial charge in [-0.25, -0.2) is 19.4 Å². The molecular formula is C37H47N3O8. The molecule has 0 aliphatic heterocycles. The summed E-state index contributed by atoms with van der Waals surface area (Å²) in [6.07, 6.45) is 3.75. The van der Waals surface area contributed by atoms with Gasteiger partial charge in [-0.3, -0.25) is 15.4 Å². The number of carbonyl (C=O) groups is 4. The van der Waals surface area contributed by atoms with Gasteiger partial charge in [0.1, 0.15) is 24.4 Å². The Kier molecular flexibility index (Phi) is 13.5. The predicted octanol–water partition coefficient (Wildman–Crippen LogP) is 7.05. The van der Waals surface area contributed by atoms with E-state index in [0.29, 0.717) is 30.5 Å². The van der Waals surface area contributed by atoms with Crippen LogP contribution in [0.15, 0.2) is 83.0 Å². The maximum absolute atomic E-state index is 12.9. The summed E-state index contributed by atoms with van der Waals surface area (Å²) in [4.78, 5) is 54.2. The highest BCUT2D eigenvalue weighted by Crippen LogP contribution is 2.27. The van der Waals surface area contributed by atoms with Crippen LogP contribution in [0.4, 0.5) is 9.59 Å². The van der Waals surface area contributed by atoms with E-state index >= 15 is 0 Å². The molecule has 48 heavy (non-hydrogen) atoms. The van der Waals surface area contributed by atoms with E-state index in [9.17, 15) is 19.2 Å². The second-order valence-corrected chi connectivity index (χ2v) is 13.5. The molecule has 2 N–H and O–H groups in total. The Bertz CT molecular complexity index is 1480. The van der Waals surface area contributed by atoms with E-state index in [1.54, 1.807) is 53.7 Å². The number of guanidine groups is 1. The molecule has 0 bridgehead atoms. The molecule has 0 saturated heterocycles. The summed E-state index contributed by atoms with van der Waals surface area (Å²) in [7, 11) is 0. The number of hydrogen-bond donors (Lipinski definition) is 2. The molecule has 1 aliphatic carbocycles. The monoisotopic (exact) mass is 661 g/mol. The van der Waals surface area contributed by atoms with Gasteiger partial charge in [-0.15, -0.1) is 0 Å². The molecule has 0 radical (unpaired) electrons. The van der Waals surface area contributed by atoms with E-state index in [1.165, 1.54) is 0 Å². The minimum Gasteiger partial charge on any atom is -0.461 e. The van der Waals surface area contributed by atoms with Gasteiger partial charge in [0, 0.05) is 17.7 Å². The molecule has 11 heteroatoms. The van der Waals surface area contributed by atoms with Gasteiger partial charge in [0.2, 0.25) is 5.96 Å². The van der Waals surface area contributed by atoms with E-state index in [4.69, 9.17) is 18.9 Å². The van der Waals surface area contributed by atoms with Crippen LogP contribution in [-0.2, 0) is 48.2 Å². The Balaban J connectivity index is 1.53. The second-order valence-electron chi connectivity index (χ2n) is 13.5. The molecule has 2 aromatic rings. The fourth-order valence-corrected chi connectivity index (χ4v) is 4.51. The maximum atomic E-state index is 12.9. The number of aryl methyl sites for hydroxylation is 1. The van der Waals surface area contributed by atoms with Crippen molar-refractivity contribution in [2.24, 2.45) is 10.9 Å². The van der Waals surface area contributed by atoms with E-state index in [-0.39, 0.29) is 31.1 Å². The zero-order valence-electron chi connectivity index (χ0n) is 28.9. The fraction of sp³-hybridized carbons (Fsp3) is 0.432. The van der Waals surface area contributed by atoms with Crippen molar-refractivity contribution in [3.63, 3.8) is 0 Å². The average molecular weight is 662 g/mol. The summed E-state index contributed by atoms with van der Waals surface area (Å²) >= 11 is 0. The Hall–Kier alpha value is -4.93. The molecular weight excluding hydrogens is 614 g/mol. The minimum absolute atomic E-state index is 0.105. The van der Waals surface area contributed by atoms with Gasteiger partial charge in [0.25, 0.3) is 0 Å². The number of hydrogen-bond acceptors (Lipinski definition) is 9. The first kappa shape index (κ1) is 37.5. The molecule has 0 spiro atoms. The van der Waals surface area contributed by atoms with Gasteiger partial charge in [0.05, 0.1) is 0 Å². The molecule has 1 aliphatic rings. The molecule has 11 nitrogen and oxygen atoms in total. The number of ether oxygens (including phenoxy) is 4. The summed E-state index contributed by atoms with van der Waals surface area (Å²) in [5.74, 6) is -1.08. The van der Waals surface area contributed by atoms with Crippen LogP contribution in [0.3, 0.4) is 0 Å². The molecule has 0 aromatic heterocycles. The number of nitrogens with zero attached hydrogens (tertiary/aromatic N) is 1. The Morgan fingerprint density at radius 2 is 1.29 bits per heavy atom. The SMILES string of the molecule is CC1CC(N=C(NC(=O)OC(C)(C)C)NC(=O)OC(C)(C)C)=CC=C1C(=O)OCc1ccc(CCCC(=O)OCc2ccccc2)cc1.